The van der Waals surface area contributed by atoms with Gasteiger partial charge in [0.2, 0.25) is 0 Å². The first-order chi connectivity index (χ1) is 14.2. The van der Waals surface area contributed by atoms with E-state index in [-0.39, 0.29) is 24.0 Å². The van der Waals surface area contributed by atoms with Crippen LogP contribution < -0.4 is 25.0 Å². The highest BCUT2D eigenvalue weighted by Crippen LogP contribution is 2.24. The molecule has 1 aromatic carbocycles. The van der Waals surface area contributed by atoms with Gasteiger partial charge in [0.1, 0.15) is 17.3 Å². The van der Waals surface area contributed by atoms with Gasteiger partial charge in [-0.15, -0.1) is 24.0 Å². The van der Waals surface area contributed by atoms with Crippen LogP contribution in [-0.2, 0) is 13.1 Å². The number of ether oxygens (including phenoxy) is 2. The van der Waals surface area contributed by atoms with Gasteiger partial charge in [-0.3, -0.25) is 0 Å². The molecule has 2 N–H and O–H groups in total. The summed E-state index contributed by atoms with van der Waals surface area (Å²) in [5, 5.41) is 6.65. The van der Waals surface area contributed by atoms with E-state index < -0.39 is 0 Å². The highest BCUT2D eigenvalue weighted by Gasteiger charge is 2.13. The van der Waals surface area contributed by atoms with Crippen molar-refractivity contribution in [3.8, 4) is 11.5 Å². The van der Waals surface area contributed by atoms with Crippen molar-refractivity contribution in [2.45, 2.75) is 32.9 Å². The molecule has 2 aromatic rings. The lowest BCUT2D eigenvalue weighted by atomic mass is 10.2. The minimum Gasteiger partial charge on any atom is -0.497 e. The van der Waals surface area contributed by atoms with Gasteiger partial charge < -0.3 is 25.0 Å². The summed E-state index contributed by atoms with van der Waals surface area (Å²) in [4.78, 5) is 11.6. The molecule has 1 aliphatic rings. The van der Waals surface area contributed by atoms with Crippen molar-refractivity contribution in [3.63, 3.8) is 0 Å². The van der Waals surface area contributed by atoms with Crippen LogP contribution in [0.5, 0.6) is 11.5 Å². The maximum Gasteiger partial charge on any atom is 0.191 e. The smallest absolute Gasteiger partial charge is 0.191 e. The van der Waals surface area contributed by atoms with Crippen LogP contribution in [-0.4, -0.2) is 44.8 Å². The minimum absolute atomic E-state index is 0. The molecular weight excluding hydrogens is 493 g/mol. The number of guanidine groups is 1. The van der Waals surface area contributed by atoms with E-state index >= 15 is 0 Å². The molecule has 0 bridgehead atoms. The predicted octanol–water partition coefficient (Wildman–Crippen LogP) is 3.57. The topological polar surface area (TPSA) is 71.0 Å². The summed E-state index contributed by atoms with van der Waals surface area (Å²) < 4.78 is 10.7. The fourth-order valence-corrected chi connectivity index (χ4v) is 3.33. The number of pyridine rings is 1. The number of rotatable bonds is 8. The summed E-state index contributed by atoms with van der Waals surface area (Å²) in [6, 6.07) is 10.0. The molecule has 30 heavy (non-hydrogen) atoms. The van der Waals surface area contributed by atoms with Crippen LogP contribution >= 0.6 is 24.0 Å². The number of methoxy groups -OCH3 is 2. The molecule has 2 heterocycles. The summed E-state index contributed by atoms with van der Waals surface area (Å²) in [6.07, 6.45) is 4.43. The molecule has 0 saturated carbocycles. The van der Waals surface area contributed by atoms with E-state index in [2.05, 4.69) is 39.6 Å². The van der Waals surface area contributed by atoms with Crippen molar-refractivity contribution >= 4 is 35.8 Å². The zero-order chi connectivity index (χ0) is 20.5. The van der Waals surface area contributed by atoms with Gasteiger partial charge in [-0.25, -0.2) is 9.98 Å². The summed E-state index contributed by atoms with van der Waals surface area (Å²) in [7, 11) is 3.31. The molecule has 8 heteroatoms. The van der Waals surface area contributed by atoms with Crippen LogP contribution in [0.15, 0.2) is 41.5 Å². The average Bonchev–Trinajstić information content (AvgIpc) is 3.31. The van der Waals surface area contributed by atoms with Crippen molar-refractivity contribution in [3.05, 3.63) is 47.7 Å². The Morgan fingerprint density at radius 1 is 1.10 bits per heavy atom. The van der Waals surface area contributed by atoms with Crippen LogP contribution in [0.25, 0.3) is 0 Å². The zero-order valence-electron chi connectivity index (χ0n) is 18.0. The molecule has 1 fully saturated rings. The van der Waals surface area contributed by atoms with Gasteiger partial charge >= 0.3 is 0 Å². The van der Waals surface area contributed by atoms with Gasteiger partial charge in [-0.2, -0.15) is 0 Å². The number of aromatic nitrogens is 1. The first kappa shape index (κ1) is 24.0. The number of anilines is 1. The third-order valence-electron chi connectivity index (χ3n) is 4.94. The van der Waals surface area contributed by atoms with Gasteiger partial charge in [0.25, 0.3) is 0 Å². The van der Waals surface area contributed by atoms with Gasteiger partial charge in [-0.1, -0.05) is 6.07 Å². The molecule has 1 aromatic heterocycles. The molecule has 0 spiro atoms. The number of nitrogens with zero attached hydrogens (tertiary/aromatic N) is 3. The Hall–Kier alpha value is -2.23. The highest BCUT2D eigenvalue weighted by atomic mass is 127. The Labute approximate surface area is 196 Å². The number of hydrogen-bond acceptors (Lipinski definition) is 5. The SMILES string of the molecule is CCNC(=NCc1ccc(N2CCCC2)nc1)NCc1ccc(OC)cc1OC.I. The molecule has 0 atom stereocenters. The Bertz CT molecular complexity index is 808. The van der Waals surface area contributed by atoms with Crippen LogP contribution in [0.3, 0.4) is 0 Å². The standard InChI is InChI=1S/C22H31N5O2.HI/c1-4-23-22(26-16-18-8-9-19(28-2)13-20(18)29-3)25-15-17-7-10-21(24-14-17)27-11-5-6-12-27;/h7-10,13-14H,4-6,11-12,15-16H2,1-3H3,(H2,23,25,26);1H. The number of halogens is 1. The quantitative estimate of drug-likeness (QED) is 0.312. The number of benzene rings is 1. The minimum atomic E-state index is 0. The van der Waals surface area contributed by atoms with Crippen LogP contribution in [0.4, 0.5) is 5.82 Å². The molecular formula is C22H32IN5O2. The van der Waals surface area contributed by atoms with E-state index in [1.807, 2.05) is 24.4 Å². The molecule has 7 nitrogen and oxygen atoms in total. The third kappa shape index (κ3) is 6.65. The molecule has 3 rings (SSSR count). The lowest BCUT2D eigenvalue weighted by Gasteiger charge is -2.16. The maximum absolute atomic E-state index is 5.47. The predicted molar refractivity (Wildman–Crippen MR) is 132 cm³/mol. The van der Waals surface area contributed by atoms with Crippen molar-refractivity contribution in [1.29, 1.82) is 0 Å². The summed E-state index contributed by atoms with van der Waals surface area (Å²) in [5.74, 6) is 3.38. The van der Waals surface area contributed by atoms with Gasteiger partial charge in [0, 0.05) is 44.0 Å². The van der Waals surface area contributed by atoms with E-state index in [0.29, 0.717) is 13.1 Å². The third-order valence-corrected chi connectivity index (χ3v) is 4.94. The molecule has 0 amide bonds. The normalized spacial score (nSPS) is 13.6. The molecule has 0 aliphatic carbocycles. The second-order valence-electron chi connectivity index (χ2n) is 6.95. The monoisotopic (exact) mass is 525 g/mol. The summed E-state index contributed by atoms with van der Waals surface area (Å²) in [5.41, 5.74) is 2.13. The maximum atomic E-state index is 5.47. The van der Waals surface area contributed by atoms with E-state index in [4.69, 9.17) is 14.5 Å². The Morgan fingerprint density at radius 3 is 2.53 bits per heavy atom. The highest BCUT2D eigenvalue weighted by molar-refractivity contribution is 14.0. The van der Waals surface area contributed by atoms with E-state index in [0.717, 1.165) is 54.0 Å². The fourth-order valence-electron chi connectivity index (χ4n) is 3.33. The Kier molecular flexibility index (Phi) is 9.99. The first-order valence-electron chi connectivity index (χ1n) is 10.2. The zero-order valence-corrected chi connectivity index (χ0v) is 20.3. The number of nitrogens with one attached hydrogen (secondary N) is 2. The van der Waals surface area contributed by atoms with Gasteiger partial charge in [-0.05, 0) is 43.5 Å². The number of aliphatic imine (C=N–C) groups is 1. The first-order valence-corrected chi connectivity index (χ1v) is 10.2. The average molecular weight is 525 g/mol. The van der Waals surface area contributed by atoms with E-state index in [9.17, 15) is 0 Å². The Balaban J connectivity index is 0.00000320. The van der Waals surface area contributed by atoms with E-state index in [1.54, 1.807) is 14.2 Å². The Morgan fingerprint density at radius 2 is 1.90 bits per heavy atom. The molecule has 1 aliphatic heterocycles. The summed E-state index contributed by atoms with van der Waals surface area (Å²) >= 11 is 0. The molecule has 0 unspecified atom stereocenters. The molecule has 164 valence electrons. The second-order valence-corrected chi connectivity index (χ2v) is 6.95. The largest absolute Gasteiger partial charge is 0.497 e. The van der Waals surface area contributed by atoms with Crippen molar-refractivity contribution in [2.24, 2.45) is 4.99 Å². The van der Waals surface area contributed by atoms with E-state index in [1.165, 1.54) is 12.8 Å². The van der Waals surface area contributed by atoms with Crippen molar-refractivity contribution < 1.29 is 9.47 Å². The summed E-state index contributed by atoms with van der Waals surface area (Å²) in [6.45, 7) is 6.23. The van der Waals surface area contributed by atoms with Crippen molar-refractivity contribution in [1.82, 2.24) is 15.6 Å². The molecule has 0 radical (unpaired) electrons. The van der Waals surface area contributed by atoms with Crippen LogP contribution in [0, 0.1) is 0 Å². The second kappa shape index (κ2) is 12.5. The van der Waals surface area contributed by atoms with Gasteiger partial charge in [0.05, 0.1) is 20.8 Å². The lowest BCUT2D eigenvalue weighted by Crippen LogP contribution is -2.36. The molecule has 1 saturated heterocycles. The van der Waals surface area contributed by atoms with Crippen molar-refractivity contribution in [2.75, 3.05) is 38.8 Å². The van der Waals surface area contributed by atoms with Gasteiger partial charge in [0.15, 0.2) is 5.96 Å². The number of hydrogen-bond donors (Lipinski definition) is 2. The van der Waals surface area contributed by atoms with Crippen LogP contribution in [0.2, 0.25) is 0 Å². The lowest BCUT2D eigenvalue weighted by molar-refractivity contribution is 0.390. The fraction of sp³-hybridized carbons (Fsp3) is 0.455. The van der Waals surface area contributed by atoms with Crippen LogP contribution in [0.1, 0.15) is 30.9 Å².